The zero-order valence-electron chi connectivity index (χ0n) is 14.8. The summed E-state index contributed by atoms with van der Waals surface area (Å²) >= 11 is 0. The monoisotopic (exact) mass is 367 g/mol. The molecule has 8 nitrogen and oxygen atoms in total. The van der Waals surface area contributed by atoms with E-state index < -0.39 is 0 Å². The summed E-state index contributed by atoms with van der Waals surface area (Å²) in [5.41, 5.74) is 2.77. The Kier molecular flexibility index (Phi) is 5.06. The van der Waals surface area contributed by atoms with Gasteiger partial charge in [0, 0.05) is 30.5 Å². The van der Waals surface area contributed by atoms with Gasteiger partial charge in [-0.05, 0) is 36.4 Å². The van der Waals surface area contributed by atoms with Gasteiger partial charge in [0.05, 0.1) is 18.9 Å². The van der Waals surface area contributed by atoms with Crippen molar-refractivity contribution in [3.63, 3.8) is 0 Å². The maximum absolute atomic E-state index is 12.2. The van der Waals surface area contributed by atoms with E-state index >= 15 is 0 Å². The van der Waals surface area contributed by atoms with E-state index in [9.17, 15) is 4.79 Å². The Balaban J connectivity index is 1.29. The molecule has 27 heavy (non-hydrogen) atoms. The standard InChI is InChI=1S/C19H21N5O3/c25-19(13-27-18-3-1-2-17(12-18)24-14-20-22-24)21-15-4-6-16(7-5-15)23-8-10-26-11-9-23/h1-7,12,14,22H,8-11,13H2,(H,21,25). The molecular formula is C19H21N5O3. The van der Waals surface area contributed by atoms with Crippen LogP contribution in [0, 0.1) is 0 Å². The lowest BCUT2D eigenvalue weighted by Crippen LogP contribution is -2.36. The molecule has 4 rings (SSSR count). The number of hydrogen-bond donors (Lipinski definition) is 2. The molecule has 1 aliphatic heterocycles. The lowest BCUT2D eigenvalue weighted by molar-refractivity contribution is -0.118. The van der Waals surface area contributed by atoms with Gasteiger partial charge in [0.25, 0.3) is 5.91 Å². The van der Waals surface area contributed by atoms with Crippen molar-refractivity contribution in [2.24, 2.45) is 0 Å². The molecule has 0 bridgehead atoms. The molecule has 1 fully saturated rings. The first-order valence-electron chi connectivity index (χ1n) is 8.81. The van der Waals surface area contributed by atoms with E-state index in [1.54, 1.807) is 11.0 Å². The number of carbonyl (C=O) groups is 1. The number of anilines is 2. The number of rotatable bonds is 6. The average molecular weight is 367 g/mol. The average Bonchev–Trinajstić information content (AvgIpc) is 2.67. The van der Waals surface area contributed by atoms with E-state index in [1.165, 1.54) is 0 Å². The summed E-state index contributed by atoms with van der Waals surface area (Å²) in [6, 6.07) is 15.2. The van der Waals surface area contributed by atoms with Crippen LogP contribution in [0.25, 0.3) is 5.69 Å². The van der Waals surface area contributed by atoms with Crippen molar-refractivity contribution in [2.45, 2.75) is 0 Å². The van der Waals surface area contributed by atoms with Crippen molar-refractivity contribution >= 4 is 17.3 Å². The normalized spacial score (nSPS) is 14.1. The third kappa shape index (κ3) is 4.29. The molecule has 1 aliphatic rings. The third-order valence-electron chi connectivity index (χ3n) is 4.33. The van der Waals surface area contributed by atoms with Crippen LogP contribution < -0.4 is 15.0 Å². The summed E-state index contributed by atoms with van der Waals surface area (Å²) in [7, 11) is 0. The minimum absolute atomic E-state index is 0.0593. The van der Waals surface area contributed by atoms with Crippen LogP contribution in [0.15, 0.2) is 54.9 Å². The SMILES string of the molecule is O=C(COc1cccc(-n2cn[nH]2)c1)Nc1ccc(N2CCOCC2)cc1. The van der Waals surface area contributed by atoms with Gasteiger partial charge in [-0.15, -0.1) is 5.10 Å². The molecule has 0 spiro atoms. The van der Waals surface area contributed by atoms with Crippen LogP contribution >= 0.6 is 0 Å². The molecule has 0 aliphatic carbocycles. The molecule has 2 heterocycles. The van der Waals surface area contributed by atoms with Gasteiger partial charge in [-0.1, -0.05) is 6.07 Å². The maximum Gasteiger partial charge on any atom is 0.262 e. The fourth-order valence-corrected chi connectivity index (χ4v) is 2.89. The Morgan fingerprint density at radius 2 is 1.93 bits per heavy atom. The third-order valence-corrected chi connectivity index (χ3v) is 4.33. The number of nitrogens with one attached hydrogen (secondary N) is 2. The van der Waals surface area contributed by atoms with Gasteiger partial charge in [-0.3, -0.25) is 4.79 Å². The number of benzene rings is 2. The van der Waals surface area contributed by atoms with E-state index in [0.29, 0.717) is 5.75 Å². The van der Waals surface area contributed by atoms with Crippen molar-refractivity contribution in [1.82, 2.24) is 15.0 Å². The van der Waals surface area contributed by atoms with E-state index in [0.717, 1.165) is 43.4 Å². The van der Waals surface area contributed by atoms with E-state index in [2.05, 4.69) is 20.5 Å². The lowest BCUT2D eigenvalue weighted by Gasteiger charge is -2.28. The number of hydrogen-bond acceptors (Lipinski definition) is 5. The summed E-state index contributed by atoms with van der Waals surface area (Å²) in [4.78, 5) is 14.4. The minimum Gasteiger partial charge on any atom is -0.484 e. The van der Waals surface area contributed by atoms with Crippen molar-refractivity contribution < 1.29 is 14.3 Å². The van der Waals surface area contributed by atoms with E-state index in [-0.39, 0.29) is 12.5 Å². The number of carbonyl (C=O) groups excluding carboxylic acids is 1. The Bertz CT molecular complexity index is 872. The second kappa shape index (κ2) is 7.96. The molecule has 0 atom stereocenters. The second-order valence-electron chi connectivity index (χ2n) is 6.20. The van der Waals surface area contributed by atoms with Crippen LogP contribution in [-0.4, -0.2) is 53.8 Å². The first-order valence-corrected chi connectivity index (χ1v) is 8.81. The molecule has 0 radical (unpaired) electrons. The van der Waals surface area contributed by atoms with E-state index in [1.807, 2.05) is 48.5 Å². The Morgan fingerprint density at radius 1 is 1.15 bits per heavy atom. The zero-order valence-corrected chi connectivity index (χ0v) is 14.8. The molecule has 3 aromatic rings. The summed E-state index contributed by atoms with van der Waals surface area (Å²) in [5.74, 6) is 0.413. The first kappa shape index (κ1) is 17.2. The molecule has 0 unspecified atom stereocenters. The fourth-order valence-electron chi connectivity index (χ4n) is 2.89. The smallest absolute Gasteiger partial charge is 0.262 e. The Hall–Kier alpha value is -3.26. The highest BCUT2D eigenvalue weighted by atomic mass is 16.5. The fraction of sp³-hybridized carbons (Fsp3) is 0.263. The molecule has 8 heteroatoms. The van der Waals surface area contributed by atoms with Gasteiger partial charge in [0.1, 0.15) is 12.1 Å². The number of morpholine rings is 1. The summed E-state index contributed by atoms with van der Waals surface area (Å²) in [5, 5.41) is 9.42. The molecule has 1 saturated heterocycles. The number of ether oxygens (including phenoxy) is 2. The predicted octanol–water partition coefficient (Wildman–Crippen LogP) is 2.05. The molecule has 1 amide bonds. The van der Waals surface area contributed by atoms with Gasteiger partial charge in [-0.25, -0.2) is 9.90 Å². The van der Waals surface area contributed by atoms with Gasteiger partial charge in [0.2, 0.25) is 0 Å². The highest BCUT2D eigenvalue weighted by molar-refractivity contribution is 5.92. The molecule has 2 N–H and O–H groups in total. The molecular weight excluding hydrogens is 346 g/mol. The summed E-state index contributed by atoms with van der Waals surface area (Å²) in [6.45, 7) is 3.21. The van der Waals surface area contributed by atoms with Gasteiger partial charge < -0.3 is 19.7 Å². The van der Waals surface area contributed by atoms with Crippen LogP contribution in [0.4, 0.5) is 11.4 Å². The summed E-state index contributed by atoms with van der Waals surface area (Å²) < 4.78 is 12.7. The molecule has 1 aromatic heterocycles. The Labute approximate surface area is 156 Å². The highest BCUT2D eigenvalue weighted by Gasteiger charge is 2.11. The van der Waals surface area contributed by atoms with Crippen LogP contribution in [0.1, 0.15) is 0 Å². The number of H-pyrrole nitrogens is 1. The van der Waals surface area contributed by atoms with Crippen LogP contribution in [0.2, 0.25) is 0 Å². The number of aromatic nitrogens is 3. The van der Waals surface area contributed by atoms with Crippen LogP contribution in [-0.2, 0) is 9.53 Å². The van der Waals surface area contributed by atoms with Gasteiger partial charge >= 0.3 is 0 Å². The van der Waals surface area contributed by atoms with Gasteiger partial charge in [0.15, 0.2) is 6.61 Å². The van der Waals surface area contributed by atoms with Crippen LogP contribution in [0.5, 0.6) is 5.75 Å². The number of nitrogens with zero attached hydrogens (tertiary/aromatic N) is 3. The van der Waals surface area contributed by atoms with E-state index in [4.69, 9.17) is 9.47 Å². The zero-order chi connectivity index (χ0) is 18.5. The van der Waals surface area contributed by atoms with Gasteiger partial charge in [-0.2, -0.15) is 0 Å². The van der Waals surface area contributed by atoms with Crippen molar-refractivity contribution in [3.8, 4) is 11.4 Å². The molecule has 140 valence electrons. The summed E-state index contributed by atoms with van der Waals surface area (Å²) in [6.07, 6.45) is 1.66. The largest absolute Gasteiger partial charge is 0.484 e. The second-order valence-corrected chi connectivity index (χ2v) is 6.20. The first-order chi connectivity index (χ1) is 13.3. The molecule has 2 aromatic carbocycles. The minimum atomic E-state index is -0.205. The van der Waals surface area contributed by atoms with Crippen molar-refractivity contribution in [1.29, 1.82) is 0 Å². The maximum atomic E-state index is 12.2. The Morgan fingerprint density at radius 3 is 2.63 bits per heavy atom. The molecule has 0 saturated carbocycles. The predicted molar refractivity (Wildman–Crippen MR) is 102 cm³/mol. The highest BCUT2D eigenvalue weighted by Crippen LogP contribution is 2.19. The van der Waals surface area contributed by atoms with Crippen molar-refractivity contribution in [2.75, 3.05) is 43.1 Å². The topological polar surface area (TPSA) is 84.4 Å². The van der Waals surface area contributed by atoms with Crippen molar-refractivity contribution in [3.05, 3.63) is 54.9 Å². The number of aromatic amines is 1. The van der Waals surface area contributed by atoms with Crippen LogP contribution in [0.3, 0.4) is 0 Å². The number of amides is 1. The lowest BCUT2D eigenvalue weighted by atomic mass is 10.2. The quantitative estimate of drug-likeness (QED) is 0.697.